The van der Waals surface area contributed by atoms with Gasteiger partial charge in [0.05, 0.1) is 23.6 Å². The lowest BCUT2D eigenvalue weighted by atomic mass is 9.94. The Bertz CT molecular complexity index is 791. The number of rotatable bonds is 7. The molecule has 1 saturated carbocycles. The highest BCUT2D eigenvalue weighted by Gasteiger charge is 2.22. The number of thioether (sulfide) groups is 1. The summed E-state index contributed by atoms with van der Waals surface area (Å²) < 4.78 is 0. The fourth-order valence-corrected chi connectivity index (χ4v) is 4.44. The molecule has 1 aliphatic carbocycles. The highest BCUT2D eigenvalue weighted by atomic mass is 32.2. The van der Waals surface area contributed by atoms with Crippen molar-refractivity contribution in [2.75, 3.05) is 12.8 Å². The quantitative estimate of drug-likeness (QED) is 0.720. The molecule has 3 rings (SSSR count). The Morgan fingerprint density at radius 3 is 2.61 bits per heavy atom. The summed E-state index contributed by atoms with van der Waals surface area (Å²) in [5, 5.41) is 2.91. The van der Waals surface area contributed by atoms with Gasteiger partial charge in [-0.1, -0.05) is 37.5 Å². The fraction of sp³-hybridized carbons (Fsp3) is 0.409. The molecule has 1 aromatic heterocycles. The SMILES string of the molecule is CN(C(=O)CSc1ccccc1C(=O)NCc1ccccn1)C1CCCCC1. The molecule has 1 aromatic carbocycles. The summed E-state index contributed by atoms with van der Waals surface area (Å²) in [5.41, 5.74) is 1.40. The minimum atomic E-state index is -0.151. The van der Waals surface area contributed by atoms with Crippen molar-refractivity contribution < 1.29 is 9.59 Å². The Balaban J connectivity index is 1.57. The maximum absolute atomic E-state index is 12.6. The molecule has 1 fully saturated rings. The molecular weight excluding hydrogens is 370 g/mol. The first-order valence-corrected chi connectivity index (χ1v) is 10.8. The third kappa shape index (κ3) is 5.58. The van der Waals surface area contributed by atoms with Gasteiger partial charge in [-0.05, 0) is 37.1 Å². The zero-order chi connectivity index (χ0) is 19.8. The average molecular weight is 398 g/mol. The lowest BCUT2D eigenvalue weighted by Crippen LogP contribution is -2.39. The zero-order valence-electron chi connectivity index (χ0n) is 16.3. The first kappa shape index (κ1) is 20.4. The Morgan fingerprint density at radius 1 is 1.11 bits per heavy atom. The van der Waals surface area contributed by atoms with E-state index in [4.69, 9.17) is 0 Å². The van der Waals surface area contributed by atoms with Gasteiger partial charge in [-0.15, -0.1) is 11.8 Å². The van der Waals surface area contributed by atoms with Gasteiger partial charge in [0.25, 0.3) is 5.91 Å². The molecule has 1 heterocycles. The predicted octanol–water partition coefficient (Wildman–Crippen LogP) is 3.89. The lowest BCUT2D eigenvalue weighted by Gasteiger charge is -2.31. The van der Waals surface area contributed by atoms with Crippen LogP contribution in [-0.2, 0) is 11.3 Å². The van der Waals surface area contributed by atoms with Crippen molar-refractivity contribution >= 4 is 23.6 Å². The van der Waals surface area contributed by atoms with Gasteiger partial charge in [-0.3, -0.25) is 14.6 Å². The van der Waals surface area contributed by atoms with E-state index >= 15 is 0 Å². The van der Waals surface area contributed by atoms with Gasteiger partial charge in [0.2, 0.25) is 5.91 Å². The Hall–Kier alpha value is -2.34. The van der Waals surface area contributed by atoms with E-state index in [0.29, 0.717) is 23.9 Å². The van der Waals surface area contributed by atoms with E-state index in [2.05, 4.69) is 10.3 Å². The number of carbonyl (C=O) groups is 2. The maximum Gasteiger partial charge on any atom is 0.252 e. The van der Waals surface area contributed by atoms with E-state index in [-0.39, 0.29) is 11.8 Å². The number of nitrogens with one attached hydrogen (secondary N) is 1. The molecule has 148 valence electrons. The van der Waals surface area contributed by atoms with Crippen LogP contribution in [0.15, 0.2) is 53.6 Å². The van der Waals surface area contributed by atoms with Crippen LogP contribution < -0.4 is 5.32 Å². The second-order valence-electron chi connectivity index (χ2n) is 7.09. The molecule has 0 spiro atoms. The topological polar surface area (TPSA) is 62.3 Å². The van der Waals surface area contributed by atoms with Crippen LogP contribution in [0.25, 0.3) is 0 Å². The van der Waals surface area contributed by atoms with E-state index in [0.717, 1.165) is 23.4 Å². The van der Waals surface area contributed by atoms with E-state index < -0.39 is 0 Å². The van der Waals surface area contributed by atoms with Crippen LogP contribution in [-0.4, -0.2) is 40.5 Å². The Kier molecular flexibility index (Phi) is 7.48. The molecule has 0 bridgehead atoms. The van der Waals surface area contributed by atoms with Crippen LogP contribution >= 0.6 is 11.8 Å². The molecule has 28 heavy (non-hydrogen) atoms. The normalized spacial score (nSPS) is 14.5. The highest BCUT2D eigenvalue weighted by molar-refractivity contribution is 8.00. The van der Waals surface area contributed by atoms with Crippen LogP contribution in [0.4, 0.5) is 0 Å². The molecule has 2 aromatic rings. The van der Waals surface area contributed by atoms with Crippen LogP contribution in [0.3, 0.4) is 0 Å². The zero-order valence-corrected chi connectivity index (χ0v) is 17.1. The van der Waals surface area contributed by atoms with Crippen molar-refractivity contribution in [3.05, 3.63) is 59.9 Å². The smallest absolute Gasteiger partial charge is 0.252 e. The summed E-state index contributed by atoms with van der Waals surface area (Å²) >= 11 is 1.43. The number of nitrogens with zero attached hydrogens (tertiary/aromatic N) is 2. The lowest BCUT2D eigenvalue weighted by molar-refractivity contribution is -0.129. The van der Waals surface area contributed by atoms with Gasteiger partial charge in [0.1, 0.15) is 0 Å². The minimum absolute atomic E-state index is 0.126. The largest absolute Gasteiger partial charge is 0.346 e. The summed E-state index contributed by atoms with van der Waals surface area (Å²) in [7, 11) is 1.91. The molecule has 1 N–H and O–H groups in total. The Morgan fingerprint density at radius 2 is 1.86 bits per heavy atom. The fourth-order valence-electron chi connectivity index (χ4n) is 3.46. The van der Waals surface area contributed by atoms with Crippen molar-refractivity contribution in [1.82, 2.24) is 15.2 Å². The summed E-state index contributed by atoms with van der Waals surface area (Å²) in [6, 6.07) is 13.4. The molecule has 2 amide bonds. The van der Waals surface area contributed by atoms with Crippen LogP contribution in [0.1, 0.15) is 48.2 Å². The van der Waals surface area contributed by atoms with Gasteiger partial charge in [-0.2, -0.15) is 0 Å². The minimum Gasteiger partial charge on any atom is -0.346 e. The van der Waals surface area contributed by atoms with Crippen molar-refractivity contribution in [2.24, 2.45) is 0 Å². The third-order valence-electron chi connectivity index (χ3n) is 5.15. The van der Waals surface area contributed by atoms with E-state index in [9.17, 15) is 9.59 Å². The standard InChI is InChI=1S/C22H27N3O2S/c1-25(18-10-3-2-4-11-18)21(26)16-28-20-13-6-5-12-19(20)22(27)24-15-17-9-7-8-14-23-17/h5-9,12-14,18H,2-4,10-11,15-16H2,1H3,(H,24,27). The summed E-state index contributed by atoms with van der Waals surface area (Å²) in [6.07, 6.45) is 7.58. The van der Waals surface area contributed by atoms with E-state index in [1.165, 1.54) is 31.0 Å². The van der Waals surface area contributed by atoms with Gasteiger partial charge in [0, 0.05) is 24.2 Å². The summed E-state index contributed by atoms with van der Waals surface area (Å²) in [4.78, 5) is 32.2. The molecule has 0 aliphatic heterocycles. The van der Waals surface area contributed by atoms with E-state index in [1.807, 2.05) is 48.3 Å². The average Bonchev–Trinajstić information content (AvgIpc) is 2.76. The van der Waals surface area contributed by atoms with Gasteiger partial charge in [-0.25, -0.2) is 0 Å². The summed E-state index contributed by atoms with van der Waals surface area (Å²) in [6.45, 7) is 0.377. The van der Waals surface area contributed by atoms with Crippen LogP contribution in [0.5, 0.6) is 0 Å². The molecule has 1 aliphatic rings. The third-order valence-corrected chi connectivity index (χ3v) is 6.21. The molecule has 6 heteroatoms. The number of benzene rings is 1. The first-order chi connectivity index (χ1) is 13.6. The molecule has 0 atom stereocenters. The molecule has 0 unspecified atom stereocenters. The molecule has 0 saturated heterocycles. The monoisotopic (exact) mass is 397 g/mol. The van der Waals surface area contributed by atoms with Crippen molar-refractivity contribution in [2.45, 2.75) is 49.6 Å². The van der Waals surface area contributed by atoms with Gasteiger partial charge in [0.15, 0.2) is 0 Å². The van der Waals surface area contributed by atoms with Crippen molar-refractivity contribution in [3.8, 4) is 0 Å². The number of pyridine rings is 1. The number of aromatic nitrogens is 1. The molecule has 0 radical (unpaired) electrons. The van der Waals surface area contributed by atoms with Crippen molar-refractivity contribution in [3.63, 3.8) is 0 Å². The van der Waals surface area contributed by atoms with Crippen LogP contribution in [0.2, 0.25) is 0 Å². The van der Waals surface area contributed by atoms with Gasteiger partial charge < -0.3 is 10.2 Å². The number of carbonyl (C=O) groups excluding carboxylic acids is 2. The number of hydrogen-bond acceptors (Lipinski definition) is 4. The van der Waals surface area contributed by atoms with Gasteiger partial charge >= 0.3 is 0 Å². The Labute approximate surface area is 170 Å². The number of amides is 2. The second-order valence-corrected chi connectivity index (χ2v) is 8.10. The predicted molar refractivity (Wildman–Crippen MR) is 112 cm³/mol. The molecular formula is C22H27N3O2S. The first-order valence-electron chi connectivity index (χ1n) is 9.81. The second kappa shape index (κ2) is 10.3. The van der Waals surface area contributed by atoms with E-state index in [1.54, 1.807) is 12.3 Å². The van der Waals surface area contributed by atoms with Crippen molar-refractivity contribution in [1.29, 1.82) is 0 Å². The highest BCUT2D eigenvalue weighted by Crippen LogP contribution is 2.25. The molecule has 5 nitrogen and oxygen atoms in total. The number of hydrogen-bond donors (Lipinski definition) is 1. The van der Waals surface area contributed by atoms with Crippen LogP contribution in [0, 0.1) is 0 Å². The maximum atomic E-state index is 12.6. The summed E-state index contributed by atoms with van der Waals surface area (Å²) in [5.74, 6) is 0.319.